The molecule has 16 heavy (non-hydrogen) atoms. The third kappa shape index (κ3) is 94.8. The van der Waals surface area contributed by atoms with Crippen molar-refractivity contribution < 1.29 is 34.2 Å². The van der Waals surface area contributed by atoms with Gasteiger partial charge in [0.1, 0.15) is 0 Å². The number of hydrogen-bond acceptors (Lipinski definition) is 4. The van der Waals surface area contributed by atoms with Crippen molar-refractivity contribution in [2.45, 2.75) is 26.7 Å². The predicted octanol–water partition coefficient (Wildman–Crippen LogP) is -0.135. The molecule has 0 atom stereocenters. The lowest BCUT2D eigenvalue weighted by atomic mass is 10.4. The number of aliphatic hydroxyl groups is 2. The molecule has 0 fully saturated rings. The number of rotatable bonds is 5. The van der Waals surface area contributed by atoms with E-state index < -0.39 is 7.82 Å². The molecule has 0 aromatic heterocycles. The maximum absolute atomic E-state index is 8.88. The van der Waals surface area contributed by atoms with Crippen LogP contribution in [0.5, 0.6) is 0 Å². The summed E-state index contributed by atoms with van der Waals surface area (Å²) in [7, 11) is -4.64. The lowest BCUT2D eigenvalue weighted by Gasteiger charge is -1.91. The second-order valence-corrected chi connectivity index (χ2v) is 3.54. The van der Waals surface area contributed by atoms with Gasteiger partial charge in [-0.3, -0.25) is 0 Å². The molecule has 0 aliphatic carbocycles. The van der Waals surface area contributed by atoms with Crippen LogP contribution in [0.3, 0.4) is 0 Å². The first kappa shape index (κ1) is 21.3. The molecule has 0 aromatic carbocycles. The third-order valence-corrected chi connectivity index (χ3v) is 0.951. The molecule has 5 N–H and O–H groups in total. The van der Waals surface area contributed by atoms with Crippen LogP contribution in [0.25, 0.3) is 0 Å². The zero-order valence-electron chi connectivity index (χ0n) is 9.74. The van der Waals surface area contributed by atoms with Gasteiger partial charge in [-0.1, -0.05) is 13.3 Å². The summed E-state index contributed by atoms with van der Waals surface area (Å²) in [6, 6.07) is 0. The smallest absolute Gasteiger partial charge is 0.396 e. The normalized spacial score (nSPS) is 9.69. The Morgan fingerprint density at radius 3 is 1.56 bits per heavy atom. The Morgan fingerprint density at radius 2 is 1.50 bits per heavy atom. The van der Waals surface area contributed by atoms with Crippen molar-refractivity contribution in [1.82, 2.24) is 0 Å². The van der Waals surface area contributed by atoms with E-state index >= 15 is 0 Å². The summed E-state index contributed by atoms with van der Waals surface area (Å²) in [6.07, 6.45) is 2.04. The number of unbranched alkanes of at least 4 members (excludes halogenated alkanes) is 1. The van der Waals surface area contributed by atoms with Crippen molar-refractivity contribution in [2.24, 2.45) is 0 Å². The van der Waals surface area contributed by atoms with Crippen molar-refractivity contribution in [1.29, 1.82) is 0 Å². The Kier molecular flexibility index (Phi) is 23.1. The van der Waals surface area contributed by atoms with Crippen LogP contribution in [0.15, 0.2) is 0 Å². The maximum atomic E-state index is 8.88. The fraction of sp³-hybridized carbons (Fsp3) is 1.00. The summed E-state index contributed by atoms with van der Waals surface area (Å²) in [5, 5.41) is 16.1. The molecule has 0 bridgehead atoms. The van der Waals surface area contributed by atoms with Crippen LogP contribution in [-0.4, -0.2) is 51.3 Å². The minimum Gasteiger partial charge on any atom is -0.396 e. The molecule has 0 amide bonds. The van der Waals surface area contributed by atoms with E-state index in [1.807, 2.05) is 6.92 Å². The fourth-order valence-corrected chi connectivity index (χ4v) is 0.367. The second-order valence-electron chi connectivity index (χ2n) is 2.51. The molecule has 8 heteroatoms. The summed E-state index contributed by atoms with van der Waals surface area (Å²) in [4.78, 5) is 21.6. The quantitative estimate of drug-likeness (QED) is 0.345. The summed E-state index contributed by atoms with van der Waals surface area (Å²) < 4.78 is 13.6. The minimum atomic E-state index is -4.64. The van der Waals surface area contributed by atoms with E-state index in [1.165, 1.54) is 0 Å². The number of aliphatic hydroxyl groups excluding tert-OH is 2. The van der Waals surface area contributed by atoms with Gasteiger partial charge in [0.25, 0.3) is 0 Å². The van der Waals surface area contributed by atoms with Gasteiger partial charge in [-0.25, -0.2) is 4.57 Å². The Labute approximate surface area is 95.9 Å². The number of hydrogen-bond donors (Lipinski definition) is 5. The van der Waals surface area contributed by atoms with Gasteiger partial charge in [-0.15, -0.1) is 0 Å². The van der Waals surface area contributed by atoms with Gasteiger partial charge < -0.3 is 29.6 Å². The molecule has 0 aliphatic heterocycles. The Balaban J connectivity index is -0.000000160. The lowest BCUT2D eigenvalue weighted by Crippen LogP contribution is -1.96. The molecule has 0 saturated carbocycles. The monoisotopic (exact) mass is 262 g/mol. The average Bonchev–Trinajstić information content (AvgIpc) is 2.14. The van der Waals surface area contributed by atoms with Crippen molar-refractivity contribution >= 4 is 7.82 Å². The molecule has 0 heterocycles. The van der Waals surface area contributed by atoms with Crippen molar-refractivity contribution in [2.75, 3.05) is 26.4 Å². The van der Waals surface area contributed by atoms with Gasteiger partial charge in [-0.05, 0) is 13.3 Å². The van der Waals surface area contributed by atoms with Crippen molar-refractivity contribution in [3.63, 3.8) is 0 Å². The highest BCUT2D eigenvalue weighted by molar-refractivity contribution is 7.45. The first-order chi connectivity index (χ1) is 7.33. The van der Waals surface area contributed by atoms with Gasteiger partial charge in [-0.2, -0.15) is 0 Å². The lowest BCUT2D eigenvalue weighted by molar-refractivity contribution is 0.102. The maximum Gasteiger partial charge on any atom is 0.466 e. The zero-order valence-corrected chi connectivity index (χ0v) is 10.6. The Hall–Kier alpha value is -0.0100. The minimum absolute atomic E-state index is 0.133. The zero-order chi connectivity index (χ0) is 13.4. The number of phosphoric acid groups is 1. The molecule has 0 rings (SSSR count). The summed E-state index contributed by atoms with van der Waals surface area (Å²) in [5.74, 6) is 0. The van der Waals surface area contributed by atoms with Gasteiger partial charge >= 0.3 is 7.82 Å². The molecule has 0 aromatic rings. The highest BCUT2D eigenvalue weighted by atomic mass is 31.2. The molecule has 7 nitrogen and oxygen atoms in total. The van der Waals surface area contributed by atoms with Crippen LogP contribution in [0.1, 0.15) is 26.7 Å². The highest BCUT2D eigenvalue weighted by Gasteiger charge is 2.00. The fourth-order valence-electron chi connectivity index (χ4n) is 0.367. The summed E-state index contributed by atoms with van der Waals surface area (Å²) >= 11 is 0. The van der Waals surface area contributed by atoms with Gasteiger partial charge in [0.05, 0.1) is 13.2 Å². The standard InChI is InChI=1S/C4H10O2.C4H10O.H3O4P/c1-2-6-4-3-5;1-2-3-4-5;1-5(2,3)4/h5H,2-4H2,1H3;5H,2-4H2,1H3;(H3,1,2,3,4). The van der Waals surface area contributed by atoms with Crippen LogP contribution >= 0.6 is 7.82 Å². The molecule has 102 valence electrons. The second kappa shape index (κ2) is 17.4. The number of ether oxygens (including phenoxy) is 1. The molecular formula is C8H23O7P. The first-order valence-corrected chi connectivity index (χ1v) is 6.47. The van der Waals surface area contributed by atoms with E-state index in [9.17, 15) is 0 Å². The summed E-state index contributed by atoms with van der Waals surface area (Å²) in [6.45, 7) is 5.59. The van der Waals surface area contributed by atoms with Crippen LogP contribution in [-0.2, 0) is 9.30 Å². The molecule has 0 spiro atoms. The Morgan fingerprint density at radius 1 is 1.06 bits per heavy atom. The van der Waals surface area contributed by atoms with Crippen LogP contribution in [0.2, 0.25) is 0 Å². The largest absolute Gasteiger partial charge is 0.466 e. The predicted molar refractivity (Wildman–Crippen MR) is 59.8 cm³/mol. The van der Waals surface area contributed by atoms with Gasteiger partial charge in [0, 0.05) is 13.2 Å². The van der Waals surface area contributed by atoms with Gasteiger partial charge in [0.15, 0.2) is 0 Å². The molecule has 0 radical (unpaired) electrons. The van der Waals surface area contributed by atoms with E-state index in [0.29, 0.717) is 19.8 Å². The Bertz CT molecular complexity index is 133. The molecule has 0 unspecified atom stereocenters. The molecule has 0 aliphatic rings. The van der Waals surface area contributed by atoms with E-state index in [0.717, 1.165) is 12.8 Å². The highest BCUT2D eigenvalue weighted by Crippen LogP contribution is 2.25. The van der Waals surface area contributed by atoms with Crippen molar-refractivity contribution in [3.05, 3.63) is 0 Å². The van der Waals surface area contributed by atoms with Crippen molar-refractivity contribution in [3.8, 4) is 0 Å². The SMILES string of the molecule is CCCCO.CCOCCO.O=P(O)(O)O. The molecular weight excluding hydrogens is 239 g/mol. The average molecular weight is 262 g/mol. The van der Waals surface area contributed by atoms with E-state index in [2.05, 4.69) is 6.92 Å². The topological polar surface area (TPSA) is 127 Å². The summed E-state index contributed by atoms with van der Waals surface area (Å²) in [5.41, 5.74) is 0. The van der Waals surface area contributed by atoms with E-state index in [4.69, 9.17) is 34.2 Å². The first-order valence-electron chi connectivity index (χ1n) is 4.91. The van der Waals surface area contributed by atoms with Crippen LogP contribution in [0, 0.1) is 0 Å². The third-order valence-electron chi connectivity index (χ3n) is 0.951. The van der Waals surface area contributed by atoms with Crippen LogP contribution < -0.4 is 0 Å². The van der Waals surface area contributed by atoms with Gasteiger partial charge in [0.2, 0.25) is 0 Å². The van der Waals surface area contributed by atoms with Crippen LogP contribution in [0.4, 0.5) is 0 Å². The molecule has 0 saturated heterocycles. The van der Waals surface area contributed by atoms with E-state index in [1.54, 1.807) is 0 Å². The van der Waals surface area contributed by atoms with E-state index in [-0.39, 0.29) is 6.61 Å².